The Kier molecular flexibility index (Phi) is 7.41. The van der Waals surface area contributed by atoms with E-state index in [4.69, 9.17) is 0 Å². The number of hydrogen-bond donors (Lipinski definition) is 0. The highest BCUT2D eigenvalue weighted by Crippen LogP contribution is 2.19. The highest BCUT2D eigenvalue weighted by Gasteiger charge is 2.05. The van der Waals surface area contributed by atoms with Gasteiger partial charge >= 0.3 is 0 Å². The van der Waals surface area contributed by atoms with Gasteiger partial charge in [-0.2, -0.15) is 0 Å². The largest absolute Gasteiger partial charge is 0.0651 e. The zero-order valence-electron chi connectivity index (χ0n) is 10.3. The minimum Gasteiger partial charge on any atom is -0.0651 e. The summed E-state index contributed by atoms with van der Waals surface area (Å²) in [6, 6.07) is 0. The SMILES string of the molecule is CCC(C)CCCC(C)CC(C)C. The molecule has 2 unspecified atom stereocenters. The monoisotopic (exact) mass is 184 g/mol. The van der Waals surface area contributed by atoms with Crippen molar-refractivity contribution in [3.05, 3.63) is 0 Å². The van der Waals surface area contributed by atoms with Crippen LogP contribution in [-0.2, 0) is 0 Å². The molecule has 0 amide bonds. The molecule has 0 rings (SSSR count). The van der Waals surface area contributed by atoms with Crippen molar-refractivity contribution in [2.45, 2.75) is 66.7 Å². The van der Waals surface area contributed by atoms with E-state index >= 15 is 0 Å². The van der Waals surface area contributed by atoms with Crippen molar-refractivity contribution < 1.29 is 0 Å². The molecule has 0 saturated carbocycles. The molecule has 0 aliphatic rings. The van der Waals surface area contributed by atoms with E-state index < -0.39 is 0 Å². The molecule has 0 bridgehead atoms. The third kappa shape index (κ3) is 8.33. The molecule has 0 heterocycles. The maximum Gasteiger partial charge on any atom is -0.0440 e. The highest BCUT2D eigenvalue weighted by atomic mass is 14.1. The molecular formula is C13H28. The van der Waals surface area contributed by atoms with Gasteiger partial charge in [-0.25, -0.2) is 0 Å². The van der Waals surface area contributed by atoms with Crippen LogP contribution in [0.15, 0.2) is 0 Å². The van der Waals surface area contributed by atoms with Crippen LogP contribution in [0.3, 0.4) is 0 Å². The van der Waals surface area contributed by atoms with Gasteiger partial charge in [-0.3, -0.25) is 0 Å². The molecule has 0 aliphatic heterocycles. The first kappa shape index (κ1) is 13.0. The average Bonchev–Trinajstić information content (AvgIpc) is 2.02. The molecule has 0 saturated heterocycles. The van der Waals surface area contributed by atoms with Crippen LogP contribution in [0.1, 0.15) is 66.7 Å². The van der Waals surface area contributed by atoms with Gasteiger partial charge < -0.3 is 0 Å². The number of rotatable bonds is 7. The van der Waals surface area contributed by atoms with Gasteiger partial charge in [0.15, 0.2) is 0 Å². The normalized spacial score (nSPS) is 16.2. The van der Waals surface area contributed by atoms with Crippen LogP contribution in [0.4, 0.5) is 0 Å². The summed E-state index contributed by atoms with van der Waals surface area (Å²) in [6.45, 7) is 11.7. The molecule has 0 radical (unpaired) electrons. The van der Waals surface area contributed by atoms with Crippen molar-refractivity contribution in [3.8, 4) is 0 Å². The molecule has 0 aromatic heterocycles. The van der Waals surface area contributed by atoms with Crippen LogP contribution < -0.4 is 0 Å². The first-order chi connectivity index (χ1) is 6.06. The second kappa shape index (κ2) is 7.41. The summed E-state index contributed by atoms with van der Waals surface area (Å²) >= 11 is 0. The molecule has 0 aromatic rings. The summed E-state index contributed by atoms with van der Waals surface area (Å²) in [5.74, 6) is 2.74. The Balaban J connectivity index is 3.31. The Morgan fingerprint density at radius 1 is 0.846 bits per heavy atom. The second-order valence-corrected chi connectivity index (χ2v) is 5.18. The van der Waals surface area contributed by atoms with Crippen molar-refractivity contribution in [2.75, 3.05) is 0 Å². The molecule has 0 spiro atoms. The van der Waals surface area contributed by atoms with Crippen molar-refractivity contribution >= 4 is 0 Å². The van der Waals surface area contributed by atoms with E-state index in [1.165, 1.54) is 32.1 Å². The quantitative estimate of drug-likeness (QED) is 0.528. The molecule has 80 valence electrons. The summed E-state index contributed by atoms with van der Waals surface area (Å²) in [5, 5.41) is 0. The van der Waals surface area contributed by atoms with E-state index in [9.17, 15) is 0 Å². The van der Waals surface area contributed by atoms with Gasteiger partial charge in [0.05, 0.1) is 0 Å². The van der Waals surface area contributed by atoms with Gasteiger partial charge in [-0.15, -0.1) is 0 Å². The Bertz CT molecular complexity index is 105. The fourth-order valence-electron chi connectivity index (χ4n) is 1.94. The van der Waals surface area contributed by atoms with E-state index in [1.807, 2.05) is 0 Å². The number of hydrogen-bond acceptors (Lipinski definition) is 0. The summed E-state index contributed by atoms with van der Waals surface area (Å²) in [7, 11) is 0. The third-order valence-corrected chi connectivity index (χ3v) is 2.96. The highest BCUT2D eigenvalue weighted by molar-refractivity contribution is 4.58. The smallest absolute Gasteiger partial charge is 0.0440 e. The molecule has 0 heteroatoms. The van der Waals surface area contributed by atoms with Crippen molar-refractivity contribution in [2.24, 2.45) is 17.8 Å². The van der Waals surface area contributed by atoms with Crippen LogP contribution in [0.25, 0.3) is 0 Å². The van der Waals surface area contributed by atoms with Crippen LogP contribution in [0, 0.1) is 17.8 Å². The molecular weight excluding hydrogens is 156 g/mol. The lowest BCUT2D eigenvalue weighted by Crippen LogP contribution is -2.01. The lowest BCUT2D eigenvalue weighted by atomic mass is 9.92. The van der Waals surface area contributed by atoms with Crippen molar-refractivity contribution in [3.63, 3.8) is 0 Å². The van der Waals surface area contributed by atoms with E-state index in [2.05, 4.69) is 34.6 Å². The minimum absolute atomic E-state index is 0.874. The van der Waals surface area contributed by atoms with E-state index in [-0.39, 0.29) is 0 Å². The zero-order chi connectivity index (χ0) is 10.3. The maximum absolute atomic E-state index is 2.40. The standard InChI is InChI=1S/C13H28/c1-6-12(4)8-7-9-13(5)10-11(2)3/h11-13H,6-10H2,1-5H3. The Morgan fingerprint density at radius 3 is 1.85 bits per heavy atom. The fourth-order valence-corrected chi connectivity index (χ4v) is 1.94. The zero-order valence-corrected chi connectivity index (χ0v) is 10.3. The maximum atomic E-state index is 2.40. The summed E-state index contributed by atoms with van der Waals surface area (Å²) in [4.78, 5) is 0. The predicted molar refractivity (Wildman–Crippen MR) is 61.9 cm³/mol. The molecule has 0 aromatic carbocycles. The second-order valence-electron chi connectivity index (χ2n) is 5.18. The lowest BCUT2D eigenvalue weighted by Gasteiger charge is -2.14. The average molecular weight is 184 g/mol. The Labute approximate surface area is 85.1 Å². The Morgan fingerprint density at radius 2 is 1.38 bits per heavy atom. The van der Waals surface area contributed by atoms with Crippen LogP contribution in [0.2, 0.25) is 0 Å². The van der Waals surface area contributed by atoms with Gasteiger partial charge in [-0.1, -0.05) is 60.3 Å². The van der Waals surface area contributed by atoms with Gasteiger partial charge in [-0.05, 0) is 24.2 Å². The van der Waals surface area contributed by atoms with Gasteiger partial charge in [0.2, 0.25) is 0 Å². The van der Waals surface area contributed by atoms with Gasteiger partial charge in [0, 0.05) is 0 Å². The Hall–Kier alpha value is 0. The van der Waals surface area contributed by atoms with Gasteiger partial charge in [0.1, 0.15) is 0 Å². The topological polar surface area (TPSA) is 0 Å². The van der Waals surface area contributed by atoms with E-state index in [1.54, 1.807) is 0 Å². The molecule has 0 fully saturated rings. The van der Waals surface area contributed by atoms with Crippen LogP contribution >= 0.6 is 0 Å². The van der Waals surface area contributed by atoms with Crippen molar-refractivity contribution in [1.29, 1.82) is 0 Å². The molecule has 0 N–H and O–H groups in total. The lowest BCUT2D eigenvalue weighted by molar-refractivity contribution is 0.380. The summed E-state index contributed by atoms with van der Waals surface area (Å²) in [5.41, 5.74) is 0. The molecule has 2 atom stereocenters. The summed E-state index contributed by atoms with van der Waals surface area (Å²) < 4.78 is 0. The van der Waals surface area contributed by atoms with Crippen LogP contribution in [-0.4, -0.2) is 0 Å². The fraction of sp³-hybridized carbons (Fsp3) is 1.00. The van der Waals surface area contributed by atoms with Crippen molar-refractivity contribution in [1.82, 2.24) is 0 Å². The molecule has 0 nitrogen and oxygen atoms in total. The third-order valence-electron chi connectivity index (χ3n) is 2.96. The van der Waals surface area contributed by atoms with Crippen LogP contribution in [0.5, 0.6) is 0 Å². The first-order valence-electron chi connectivity index (χ1n) is 6.06. The summed E-state index contributed by atoms with van der Waals surface area (Å²) in [6.07, 6.45) is 7.05. The molecule has 0 aliphatic carbocycles. The minimum atomic E-state index is 0.874. The van der Waals surface area contributed by atoms with E-state index in [0.29, 0.717) is 0 Å². The first-order valence-corrected chi connectivity index (χ1v) is 6.06. The molecule has 13 heavy (non-hydrogen) atoms. The van der Waals surface area contributed by atoms with Gasteiger partial charge in [0.25, 0.3) is 0 Å². The predicted octanol–water partition coefficient (Wildman–Crippen LogP) is 4.89. The van der Waals surface area contributed by atoms with E-state index in [0.717, 1.165) is 17.8 Å².